The molecule has 1 aromatic rings. The average molecular weight is 362 g/mol. The van der Waals surface area contributed by atoms with E-state index in [1.165, 1.54) is 24.5 Å². The second-order valence-electron chi connectivity index (χ2n) is 5.04. The number of amides is 1. The van der Waals surface area contributed by atoms with Gasteiger partial charge in [0, 0.05) is 10.0 Å². The van der Waals surface area contributed by atoms with Crippen molar-refractivity contribution in [3.8, 4) is 17.6 Å². The van der Waals surface area contributed by atoms with Gasteiger partial charge >= 0.3 is 11.3 Å². The lowest BCUT2D eigenvalue weighted by molar-refractivity contribution is -0.125. The minimum absolute atomic E-state index is 0.271. The Balaban J connectivity index is 2.93. The molecule has 0 aromatic heterocycles. The van der Waals surface area contributed by atoms with Gasteiger partial charge in [-0.3, -0.25) is 4.79 Å². The van der Waals surface area contributed by atoms with Crippen LogP contribution in [0.2, 0.25) is 10.0 Å². The molecule has 120 valence electrons. The summed E-state index contributed by atoms with van der Waals surface area (Å²) in [4.78, 5) is 12.3. The highest BCUT2D eigenvalue weighted by Gasteiger charge is 2.33. The van der Waals surface area contributed by atoms with Crippen LogP contribution in [0.1, 0.15) is 20.8 Å². The zero-order valence-corrected chi connectivity index (χ0v) is 15.0. The topological polar surface area (TPSA) is 61.4 Å². The number of nitrogens with one attached hydrogen (secondary N) is 1. The van der Waals surface area contributed by atoms with Crippen molar-refractivity contribution in [3.05, 3.63) is 28.2 Å². The molecule has 22 heavy (non-hydrogen) atoms. The molecule has 4 nitrogen and oxygen atoms in total. The second-order valence-corrected chi connectivity index (χ2v) is 7.34. The monoisotopic (exact) mass is 361 g/mol. The Labute approximate surface area is 143 Å². The van der Waals surface area contributed by atoms with Crippen LogP contribution >= 0.6 is 23.2 Å². The van der Waals surface area contributed by atoms with Gasteiger partial charge in [0.25, 0.3) is 0 Å². The van der Waals surface area contributed by atoms with Crippen molar-refractivity contribution in [1.29, 1.82) is 0 Å². The maximum Gasteiger partial charge on any atom is 0.333 e. The van der Waals surface area contributed by atoms with Crippen LogP contribution in [0.3, 0.4) is 0 Å². The average Bonchev–Trinajstić information content (AvgIpc) is 2.33. The summed E-state index contributed by atoms with van der Waals surface area (Å²) in [5.74, 6) is 5.33. The summed E-state index contributed by atoms with van der Waals surface area (Å²) in [6, 6.07) is 4.53. The van der Waals surface area contributed by atoms with Gasteiger partial charge < -0.3 is 14.6 Å². The van der Waals surface area contributed by atoms with E-state index in [2.05, 4.69) is 17.2 Å². The van der Waals surface area contributed by atoms with Gasteiger partial charge in [0.2, 0.25) is 0 Å². The minimum Gasteiger partial charge on any atom is -0.613 e. The van der Waals surface area contributed by atoms with Crippen LogP contribution in [0.4, 0.5) is 0 Å². The summed E-state index contributed by atoms with van der Waals surface area (Å²) in [6.45, 7) is 5.16. The summed E-state index contributed by atoms with van der Waals surface area (Å²) in [5.41, 5.74) is -1.94. The van der Waals surface area contributed by atoms with Crippen LogP contribution < -0.4 is 10.1 Å². The smallest absolute Gasteiger partial charge is 0.333 e. The van der Waals surface area contributed by atoms with Gasteiger partial charge in [-0.25, -0.2) is 0 Å². The molecule has 0 saturated heterocycles. The number of halogens is 2. The number of ether oxygens (including phenoxy) is 1. The summed E-state index contributed by atoms with van der Waals surface area (Å²) in [5, 5.41) is 3.42. The molecule has 2 unspecified atom stereocenters. The molecule has 0 aliphatic carbocycles. The maximum absolute atomic E-state index is 12.3. The standard InChI is InChI=1S/C15H17Cl2NO3S/c1-5-6-15(2,3)18-13(19)14(22(4)20)21-12-8-10(16)7-11(17)9-12/h7-9,14H,1-4H3,(H,18,19). The molecule has 0 radical (unpaired) electrons. The number of carbonyl (C=O) groups is 1. The second kappa shape index (κ2) is 7.98. The van der Waals surface area contributed by atoms with E-state index < -0.39 is 28.1 Å². The van der Waals surface area contributed by atoms with Crippen molar-refractivity contribution >= 4 is 40.3 Å². The molecule has 0 saturated carbocycles. The maximum atomic E-state index is 12.3. The van der Waals surface area contributed by atoms with E-state index in [0.717, 1.165) is 0 Å². The highest BCUT2D eigenvalue weighted by atomic mass is 35.5. The summed E-state index contributed by atoms with van der Waals surface area (Å²) in [7, 11) is 0. The highest BCUT2D eigenvalue weighted by Crippen LogP contribution is 2.25. The molecule has 0 fully saturated rings. The SMILES string of the molecule is CC#CC(C)(C)NC(=O)C(Oc1cc(Cl)cc(Cl)c1)[S+](C)[O-]. The van der Waals surface area contributed by atoms with Crippen molar-refractivity contribution in [1.82, 2.24) is 5.32 Å². The third-order valence-corrected chi connectivity index (χ3v) is 3.82. The zero-order chi connectivity index (χ0) is 16.9. The van der Waals surface area contributed by atoms with E-state index in [4.69, 9.17) is 27.9 Å². The van der Waals surface area contributed by atoms with Gasteiger partial charge in [-0.05, 0) is 50.1 Å². The Morgan fingerprint density at radius 3 is 2.36 bits per heavy atom. The predicted molar refractivity (Wildman–Crippen MR) is 90.6 cm³/mol. The van der Waals surface area contributed by atoms with Gasteiger partial charge in [0.15, 0.2) is 0 Å². The highest BCUT2D eigenvalue weighted by molar-refractivity contribution is 7.91. The van der Waals surface area contributed by atoms with E-state index in [9.17, 15) is 9.35 Å². The van der Waals surface area contributed by atoms with Crippen molar-refractivity contribution in [3.63, 3.8) is 0 Å². The van der Waals surface area contributed by atoms with Crippen molar-refractivity contribution in [2.45, 2.75) is 31.7 Å². The van der Waals surface area contributed by atoms with Crippen molar-refractivity contribution in [2.75, 3.05) is 6.26 Å². The molecule has 7 heteroatoms. The molecule has 0 heterocycles. The van der Waals surface area contributed by atoms with E-state index in [0.29, 0.717) is 10.0 Å². The number of carbonyl (C=O) groups excluding carboxylic acids is 1. The first kappa shape index (κ1) is 19.0. The van der Waals surface area contributed by atoms with Crippen molar-refractivity contribution < 1.29 is 14.1 Å². The molecule has 1 aromatic carbocycles. The largest absolute Gasteiger partial charge is 0.613 e. The molecule has 1 N–H and O–H groups in total. The molecule has 0 aliphatic heterocycles. The van der Waals surface area contributed by atoms with Crippen LogP contribution in [0.15, 0.2) is 18.2 Å². The molecule has 2 atom stereocenters. The fourth-order valence-electron chi connectivity index (χ4n) is 1.70. The number of hydrogen-bond acceptors (Lipinski definition) is 3. The quantitative estimate of drug-likeness (QED) is 0.647. The number of hydrogen-bond donors (Lipinski definition) is 1. The molecular weight excluding hydrogens is 345 g/mol. The van der Waals surface area contributed by atoms with Crippen LogP contribution in [0.5, 0.6) is 5.75 Å². The molecule has 0 spiro atoms. The third kappa shape index (κ3) is 5.98. The van der Waals surface area contributed by atoms with Gasteiger partial charge in [-0.15, -0.1) is 5.92 Å². The third-order valence-electron chi connectivity index (χ3n) is 2.47. The Hall–Kier alpha value is -1.06. The lowest BCUT2D eigenvalue weighted by atomic mass is 10.1. The first-order chi connectivity index (χ1) is 10.1. The first-order valence-corrected chi connectivity index (χ1v) is 8.73. The molecule has 1 amide bonds. The first-order valence-electron chi connectivity index (χ1n) is 6.35. The van der Waals surface area contributed by atoms with Crippen LogP contribution in [0.25, 0.3) is 0 Å². The van der Waals surface area contributed by atoms with E-state index in [1.807, 2.05) is 0 Å². The summed E-state index contributed by atoms with van der Waals surface area (Å²) in [6.07, 6.45) is 1.38. The fourth-order valence-corrected chi connectivity index (χ4v) is 2.82. The molecule has 1 rings (SSSR count). The van der Waals surface area contributed by atoms with Gasteiger partial charge in [0.1, 0.15) is 5.75 Å². The van der Waals surface area contributed by atoms with Crippen LogP contribution in [-0.4, -0.2) is 27.7 Å². The number of benzene rings is 1. The number of rotatable bonds is 5. The predicted octanol–water partition coefficient (Wildman–Crippen LogP) is 2.99. The Kier molecular flexibility index (Phi) is 6.89. The molecule has 0 aliphatic rings. The van der Waals surface area contributed by atoms with Crippen LogP contribution in [-0.2, 0) is 16.0 Å². The van der Waals surface area contributed by atoms with E-state index in [1.54, 1.807) is 20.8 Å². The van der Waals surface area contributed by atoms with E-state index >= 15 is 0 Å². The van der Waals surface area contributed by atoms with Gasteiger partial charge in [-0.2, -0.15) is 0 Å². The summed E-state index contributed by atoms with van der Waals surface area (Å²) >= 11 is 10.2. The molecular formula is C15H17Cl2NO3S. The summed E-state index contributed by atoms with van der Waals surface area (Å²) < 4.78 is 17.3. The van der Waals surface area contributed by atoms with E-state index in [-0.39, 0.29) is 5.75 Å². The lowest BCUT2D eigenvalue weighted by Gasteiger charge is -2.24. The van der Waals surface area contributed by atoms with Gasteiger partial charge in [-0.1, -0.05) is 29.1 Å². The van der Waals surface area contributed by atoms with Crippen molar-refractivity contribution in [2.24, 2.45) is 0 Å². The lowest BCUT2D eigenvalue weighted by Crippen LogP contribution is -2.51. The van der Waals surface area contributed by atoms with Crippen LogP contribution in [0, 0.1) is 11.8 Å². The van der Waals surface area contributed by atoms with Gasteiger partial charge in [0.05, 0.1) is 11.8 Å². The zero-order valence-electron chi connectivity index (χ0n) is 12.7. The Morgan fingerprint density at radius 1 is 1.36 bits per heavy atom. The Bertz CT molecular complexity index is 588. The minimum atomic E-state index is -1.55. The normalized spacial score (nSPS) is 13.6. The molecule has 0 bridgehead atoms. The Morgan fingerprint density at radius 2 is 1.91 bits per heavy atom. The fraction of sp³-hybridized carbons (Fsp3) is 0.400.